The summed E-state index contributed by atoms with van der Waals surface area (Å²) in [5.41, 5.74) is 7.05. The minimum absolute atomic E-state index is 0.227. The van der Waals surface area contributed by atoms with E-state index in [1.165, 1.54) is 0 Å². The van der Waals surface area contributed by atoms with Crippen molar-refractivity contribution in [3.63, 3.8) is 0 Å². The predicted octanol–water partition coefficient (Wildman–Crippen LogP) is 7.16. The Morgan fingerprint density at radius 1 is 0.744 bits per heavy atom. The van der Waals surface area contributed by atoms with Gasteiger partial charge < -0.3 is 20.9 Å². The molecular weight excluding hydrogens is 486 g/mol. The number of anilines is 6. The van der Waals surface area contributed by atoms with Crippen molar-refractivity contribution in [3.05, 3.63) is 103 Å². The average molecular weight is 520 g/mol. The van der Waals surface area contributed by atoms with Crippen molar-refractivity contribution in [1.29, 1.82) is 0 Å². The Morgan fingerprint density at radius 3 is 2.18 bits per heavy atom. The zero-order valence-corrected chi connectivity index (χ0v) is 22.9. The molecule has 0 atom stereocenters. The van der Waals surface area contributed by atoms with E-state index in [2.05, 4.69) is 41.9 Å². The van der Waals surface area contributed by atoms with Crippen LogP contribution >= 0.6 is 0 Å². The quantitative estimate of drug-likeness (QED) is 0.210. The van der Waals surface area contributed by atoms with Gasteiger partial charge >= 0.3 is 0 Å². The third kappa shape index (κ3) is 6.87. The first kappa shape index (κ1) is 27.1. The fraction of sp³-hybridized carbons (Fsp3) is 0.161. The Kier molecular flexibility index (Phi) is 8.68. The molecule has 0 unspecified atom stereocenters. The largest absolute Gasteiger partial charge is 0.378 e. The van der Waals surface area contributed by atoms with Crippen LogP contribution in [0.25, 0.3) is 10.9 Å². The highest BCUT2D eigenvalue weighted by molar-refractivity contribution is 6.04. The van der Waals surface area contributed by atoms with Crippen LogP contribution in [0.15, 0.2) is 91.4 Å². The van der Waals surface area contributed by atoms with Gasteiger partial charge in [0.15, 0.2) is 0 Å². The number of pyridine rings is 3. The van der Waals surface area contributed by atoms with Crippen molar-refractivity contribution < 1.29 is 4.79 Å². The highest BCUT2D eigenvalue weighted by atomic mass is 16.1. The highest BCUT2D eigenvalue weighted by Gasteiger charge is 2.09. The van der Waals surface area contributed by atoms with Gasteiger partial charge in [-0.1, -0.05) is 13.8 Å². The van der Waals surface area contributed by atoms with E-state index in [0.29, 0.717) is 11.4 Å². The van der Waals surface area contributed by atoms with Gasteiger partial charge in [0, 0.05) is 65.9 Å². The van der Waals surface area contributed by atoms with Gasteiger partial charge in [-0.05, 0) is 79.7 Å². The SMILES string of the molecule is CC.Cc1cc(Nc2ccc(NC(=O)c3ccc(Nc4ccnc5ccc(N(C)C)cc45)cc3)nc2)ccn1. The maximum atomic E-state index is 12.8. The van der Waals surface area contributed by atoms with Crippen molar-refractivity contribution in [3.8, 4) is 0 Å². The van der Waals surface area contributed by atoms with Crippen molar-refractivity contribution in [1.82, 2.24) is 15.0 Å². The van der Waals surface area contributed by atoms with Gasteiger partial charge in [0.2, 0.25) is 0 Å². The molecule has 3 N–H and O–H groups in total. The van der Waals surface area contributed by atoms with Crippen LogP contribution in [0.1, 0.15) is 29.9 Å². The summed E-state index contributed by atoms with van der Waals surface area (Å²) in [6.07, 6.45) is 5.22. The lowest BCUT2D eigenvalue weighted by molar-refractivity contribution is 0.102. The number of hydrogen-bond acceptors (Lipinski definition) is 7. The number of aryl methyl sites for hydroxylation is 1. The third-order valence-corrected chi connectivity index (χ3v) is 5.86. The summed E-state index contributed by atoms with van der Waals surface area (Å²) in [6, 6.07) is 22.9. The molecule has 0 aliphatic carbocycles. The van der Waals surface area contributed by atoms with Crippen LogP contribution in [0.3, 0.4) is 0 Å². The molecular formula is C31H33N7O. The molecule has 0 aliphatic heterocycles. The number of carbonyl (C=O) groups is 1. The number of benzene rings is 2. The van der Waals surface area contributed by atoms with Crippen LogP contribution in [0.4, 0.5) is 34.3 Å². The molecule has 0 saturated heterocycles. The second kappa shape index (κ2) is 12.5. The van der Waals surface area contributed by atoms with E-state index < -0.39 is 0 Å². The second-order valence-electron chi connectivity index (χ2n) is 8.85. The van der Waals surface area contributed by atoms with Gasteiger partial charge in [-0.15, -0.1) is 0 Å². The summed E-state index contributed by atoms with van der Waals surface area (Å²) in [4.78, 5) is 27.8. The fourth-order valence-electron chi connectivity index (χ4n) is 3.90. The van der Waals surface area contributed by atoms with Gasteiger partial charge in [0.25, 0.3) is 5.91 Å². The van der Waals surface area contributed by atoms with Gasteiger partial charge in [-0.25, -0.2) is 4.98 Å². The van der Waals surface area contributed by atoms with Gasteiger partial charge in [0.05, 0.1) is 17.4 Å². The number of aromatic nitrogens is 3. The lowest BCUT2D eigenvalue weighted by atomic mass is 10.1. The smallest absolute Gasteiger partial charge is 0.256 e. The molecule has 1 amide bonds. The molecule has 5 rings (SSSR count). The van der Waals surface area contributed by atoms with Crippen LogP contribution in [0.5, 0.6) is 0 Å². The Balaban J connectivity index is 0.00000172. The van der Waals surface area contributed by atoms with E-state index in [4.69, 9.17) is 0 Å². The summed E-state index contributed by atoms with van der Waals surface area (Å²) >= 11 is 0. The molecule has 39 heavy (non-hydrogen) atoms. The minimum atomic E-state index is -0.227. The van der Waals surface area contributed by atoms with Crippen LogP contribution in [0, 0.1) is 6.92 Å². The van der Waals surface area contributed by atoms with Crippen molar-refractivity contribution in [2.45, 2.75) is 20.8 Å². The number of nitrogens with zero attached hydrogens (tertiary/aromatic N) is 4. The van der Waals surface area contributed by atoms with Crippen molar-refractivity contribution >= 4 is 51.1 Å². The number of carbonyl (C=O) groups excluding carboxylic acids is 1. The van der Waals surface area contributed by atoms with Crippen LogP contribution < -0.4 is 20.9 Å². The Labute approximate surface area is 229 Å². The lowest BCUT2D eigenvalue weighted by Gasteiger charge is -2.15. The molecule has 0 saturated carbocycles. The molecule has 0 spiro atoms. The topological polar surface area (TPSA) is 95.1 Å². The summed E-state index contributed by atoms with van der Waals surface area (Å²) in [6.45, 7) is 5.94. The van der Waals surface area contributed by atoms with Crippen LogP contribution in [-0.4, -0.2) is 35.0 Å². The van der Waals surface area contributed by atoms with E-state index in [-0.39, 0.29) is 5.91 Å². The Bertz CT molecular complexity index is 1550. The average Bonchev–Trinajstić information content (AvgIpc) is 2.95. The van der Waals surface area contributed by atoms with Gasteiger partial charge in [0.1, 0.15) is 5.82 Å². The number of amides is 1. The Hall–Kier alpha value is -4.98. The fourth-order valence-corrected chi connectivity index (χ4v) is 3.90. The molecule has 0 fully saturated rings. The van der Waals surface area contributed by atoms with Crippen LogP contribution in [0.2, 0.25) is 0 Å². The van der Waals surface area contributed by atoms with E-state index >= 15 is 0 Å². The molecule has 198 valence electrons. The van der Waals surface area contributed by atoms with Crippen molar-refractivity contribution in [2.24, 2.45) is 0 Å². The number of rotatable bonds is 7. The third-order valence-electron chi connectivity index (χ3n) is 5.86. The maximum absolute atomic E-state index is 12.8. The highest BCUT2D eigenvalue weighted by Crippen LogP contribution is 2.28. The van der Waals surface area contributed by atoms with E-state index in [9.17, 15) is 4.79 Å². The molecule has 8 nitrogen and oxygen atoms in total. The first-order valence-corrected chi connectivity index (χ1v) is 12.8. The van der Waals surface area contributed by atoms with E-state index in [0.717, 1.165) is 45.0 Å². The second-order valence-corrected chi connectivity index (χ2v) is 8.85. The van der Waals surface area contributed by atoms with Gasteiger partial charge in [-0.3, -0.25) is 14.8 Å². The zero-order valence-electron chi connectivity index (χ0n) is 22.9. The first-order chi connectivity index (χ1) is 18.9. The molecule has 5 aromatic rings. The number of hydrogen-bond donors (Lipinski definition) is 3. The normalized spacial score (nSPS) is 10.3. The molecule has 3 heterocycles. The number of nitrogens with one attached hydrogen (secondary N) is 3. The summed E-state index contributed by atoms with van der Waals surface area (Å²) in [5, 5.41) is 10.6. The lowest BCUT2D eigenvalue weighted by Crippen LogP contribution is -2.12. The van der Waals surface area contributed by atoms with Gasteiger partial charge in [-0.2, -0.15) is 0 Å². The first-order valence-electron chi connectivity index (χ1n) is 12.8. The molecule has 0 aliphatic rings. The molecule has 8 heteroatoms. The molecule has 2 aromatic carbocycles. The summed E-state index contributed by atoms with van der Waals surface area (Å²) in [7, 11) is 4.02. The molecule has 0 radical (unpaired) electrons. The molecule has 0 bridgehead atoms. The zero-order chi connectivity index (χ0) is 27.8. The van der Waals surface area contributed by atoms with Crippen molar-refractivity contribution in [2.75, 3.05) is 34.9 Å². The summed E-state index contributed by atoms with van der Waals surface area (Å²) < 4.78 is 0. The van der Waals surface area contributed by atoms with E-state index in [1.807, 2.05) is 83.4 Å². The molecule has 3 aromatic heterocycles. The Morgan fingerprint density at radius 2 is 1.49 bits per heavy atom. The monoisotopic (exact) mass is 519 g/mol. The maximum Gasteiger partial charge on any atom is 0.256 e. The summed E-state index contributed by atoms with van der Waals surface area (Å²) in [5.74, 6) is 0.248. The minimum Gasteiger partial charge on any atom is -0.378 e. The number of fused-ring (bicyclic) bond motifs is 1. The predicted molar refractivity (Wildman–Crippen MR) is 162 cm³/mol. The van der Waals surface area contributed by atoms with E-state index in [1.54, 1.807) is 36.8 Å². The standard InChI is InChI=1S/C29H27N7O.C2H6/c1-19-16-22(12-14-30-19)33-23-8-11-28(32-18-23)35-29(37)20-4-6-21(7-5-20)34-27-13-15-31-26-10-9-24(36(2)3)17-25(26)27;1-2/h4-18H,1-3H3,(H,30,33)(H,31,34)(H,32,35,37);1-2H3. The van der Waals surface area contributed by atoms with Crippen LogP contribution in [-0.2, 0) is 0 Å².